The summed E-state index contributed by atoms with van der Waals surface area (Å²) in [4.78, 5) is 28.5. The van der Waals surface area contributed by atoms with Crippen molar-refractivity contribution in [3.05, 3.63) is 79.0 Å². The Bertz CT molecular complexity index is 1140. The van der Waals surface area contributed by atoms with Gasteiger partial charge < -0.3 is 19.8 Å². The quantitative estimate of drug-likeness (QED) is 0.564. The summed E-state index contributed by atoms with van der Waals surface area (Å²) >= 11 is 0. The van der Waals surface area contributed by atoms with Crippen LogP contribution in [0.1, 0.15) is 10.5 Å². The van der Waals surface area contributed by atoms with Gasteiger partial charge in [0, 0.05) is 43.2 Å². The third-order valence-electron chi connectivity index (χ3n) is 4.50. The van der Waals surface area contributed by atoms with Gasteiger partial charge in [0.05, 0.1) is 5.52 Å². The van der Waals surface area contributed by atoms with Gasteiger partial charge in [0.1, 0.15) is 12.2 Å². The number of nitrogens with one attached hydrogen (secondary N) is 2. The van der Waals surface area contributed by atoms with Crippen molar-refractivity contribution in [2.24, 2.45) is 0 Å². The second kappa shape index (κ2) is 7.40. The van der Waals surface area contributed by atoms with Crippen molar-refractivity contribution in [2.75, 3.05) is 12.4 Å². The van der Waals surface area contributed by atoms with E-state index in [1.165, 1.54) is 0 Å². The van der Waals surface area contributed by atoms with Crippen LogP contribution in [0.25, 0.3) is 16.6 Å². The molecule has 7 heteroatoms. The first-order chi connectivity index (χ1) is 13.6. The van der Waals surface area contributed by atoms with Crippen LogP contribution in [-0.4, -0.2) is 33.0 Å². The lowest BCUT2D eigenvalue weighted by Gasteiger charge is -2.09. The van der Waals surface area contributed by atoms with Gasteiger partial charge in [-0.3, -0.25) is 14.6 Å². The van der Waals surface area contributed by atoms with Gasteiger partial charge in [-0.2, -0.15) is 0 Å². The van der Waals surface area contributed by atoms with Crippen LogP contribution < -0.4 is 10.6 Å². The highest BCUT2D eigenvalue weighted by Crippen LogP contribution is 2.21. The van der Waals surface area contributed by atoms with Crippen LogP contribution in [0.3, 0.4) is 0 Å². The third kappa shape index (κ3) is 3.50. The van der Waals surface area contributed by atoms with Crippen LogP contribution in [0.5, 0.6) is 0 Å². The molecule has 1 aromatic carbocycles. The number of carbonyl (C=O) groups is 2. The van der Waals surface area contributed by atoms with Gasteiger partial charge in [0.25, 0.3) is 5.91 Å². The Labute approximate surface area is 161 Å². The second-order valence-corrected chi connectivity index (χ2v) is 6.33. The lowest BCUT2D eigenvalue weighted by molar-refractivity contribution is -0.121. The molecule has 3 heterocycles. The van der Waals surface area contributed by atoms with E-state index in [1.54, 1.807) is 19.3 Å². The van der Waals surface area contributed by atoms with Crippen LogP contribution >= 0.6 is 0 Å². The first-order valence-corrected chi connectivity index (χ1v) is 8.84. The number of rotatable bonds is 5. The number of nitrogens with zero attached hydrogens (tertiary/aromatic N) is 3. The van der Waals surface area contributed by atoms with Crippen LogP contribution in [0.4, 0.5) is 5.69 Å². The van der Waals surface area contributed by atoms with E-state index in [0.29, 0.717) is 11.4 Å². The van der Waals surface area contributed by atoms with Gasteiger partial charge >= 0.3 is 0 Å². The Morgan fingerprint density at radius 3 is 2.64 bits per heavy atom. The molecule has 2 amide bonds. The molecule has 0 saturated carbocycles. The first kappa shape index (κ1) is 17.5. The van der Waals surface area contributed by atoms with E-state index in [2.05, 4.69) is 15.6 Å². The number of aromatic nitrogens is 3. The number of benzene rings is 1. The third-order valence-corrected chi connectivity index (χ3v) is 4.50. The normalized spacial score (nSPS) is 10.8. The molecule has 0 spiro atoms. The Balaban J connectivity index is 1.58. The molecule has 0 unspecified atom stereocenters. The number of amides is 2. The molecule has 28 heavy (non-hydrogen) atoms. The van der Waals surface area contributed by atoms with Crippen LogP contribution in [0.15, 0.2) is 73.3 Å². The lowest BCUT2D eigenvalue weighted by Crippen LogP contribution is -2.23. The highest BCUT2D eigenvalue weighted by molar-refractivity contribution is 6.04. The largest absolute Gasteiger partial charge is 0.358 e. The number of anilines is 1. The minimum atomic E-state index is -0.294. The van der Waals surface area contributed by atoms with E-state index in [9.17, 15) is 9.59 Å². The molecule has 7 nitrogen and oxygen atoms in total. The second-order valence-electron chi connectivity index (χ2n) is 6.33. The van der Waals surface area contributed by atoms with Crippen LogP contribution in [0, 0.1) is 0 Å². The van der Waals surface area contributed by atoms with Gasteiger partial charge in [-0.05, 0) is 47.9 Å². The van der Waals surface area contributed by atoms with E-state index in [1.807, 2.05) is 70.2 Å². The first-order valence-electron chi connectivity index (χ1n) is 8.84. The minimum absolute atomic E-state index is 0.0852. The number of hydrogen-bond acceptors (Lipinski definition) is 3. The highest BCUT2D eigenvalue weighted by Gasteiger charge is 2.11. The fourth-order valence-corrected chi connectivity index (χ4v) is 3.04. The molecular weight excluding hydrogens is 354 g/mol. The molecular formula is C21H19N5O2. The van der Waals surface area contributed by atoms with Gasteiger partial charge in [-0.1, -0.05) is 6.07 Å². The summed E-state index contributed by atoms with van der Waals surface area (Å²) in [5, 5.41) is 6.49. The van der Waals surface area contributed by atoms with Gasteiger partial charge in [-0.15, -0.1) is 0 Å². The van der Waals surface area contributed by atoms with Crippen LogP contribution in [0.2, 0.25) is 0 Å². The maximum Gasteiger partial charge on any atom is 0.274 e. The number of carbonyl (C=O) groups excluding carboxylic acids is 2. The topological polar surface area (TPSA) is 81.0 Å². The summed E-state index contributed by atoms with van der Waals surface area (Å²) in [5.74, 6) is -0.379. The molecule has 0 aliphatic carbocycles. The molecule has 0 radical (unpaired) electrons. The molecule has 0 bridgehead atoms. The number of hydrogen-bond donors (Lipinski definition) is 2. The molecule has 0 atom stereocenters. The Morgan fingerprint density at radius 2 is 1.86 bits per heavy atom. The monoisotopic (exact) mass is 373 g/mol. The van der Waals surface area contributed by atoms with E-state index < -0.39 is 0 Å². The lowest BCUT2D eigenvalue weighted by atomic mass is 10.2. The Hall–Kier alpha value is -3.87. The highest BCUT2D eigenvalue weighted by atomic mass is 16.2. The number of fused-ring (bicyclic) bond motifs is 1. The molecule has 0 aliphatic rings. The van der Waals surface area contributed by atoms with E-state index in [4.69, 9.17) is 0 Å². The Kier molecular flexibility index (Phi) is 4.63. The average Bonchev–Trinajstić information content (AvgIpc) is 3.38. The zero-order valence-corrected chi connectivity index (χ0v) is 15.3. The zero-order chi connectivity index (χ0) is 19.5. The number of likely N-dealkylation sites (N-methyl/N-ethyl adjacent to an activating group) is 1. The molecule has 0 aliphatic heterocycles. The standard InChI is InChI=1S/C21H19N5O2/c1-22-20(27)14-26-11-7-15-4-5-16(12-19(15)26)24-21(28)18-13-17(6-8-23-18)25-9-2-3-10-25/h2-13H,14H2,1H3,(H,22,27)(H,24,28). The summed E-state index contributed by atoms with van der Waals surface area (Å²) in [6.07, 6.45) is 7.28. The van der Waals surface area contributed by atoms with E-state index >= 15 is 0 Å². The molecule has 3 aromatic heterocycles. The van der Waals surface area contributed by atoms with Crippen molar-refractivity contribution < 1.29 is 9.59 Å². The smallest absolute Gasteiger partial charge is 0.274 e. The fourth-order valence-electron chi connectivity index (χ4n) is 3.04. The van der Waals surface area contributed by atoms with Crippen molar-refractivity contribution in [3.8, 4) is 5.69 Å². The van der Waals surface area contributed by atoms with Crippen molar-refractivity contribution in [1.82, 2.24) is 19.4 Å². The van der Waals surface area contributed by atoms with Crippen LogP contribution in [-0.2, 0) is 11.3 Å². The van der Waals surface area contributed by atoms with E-state index in [-0.39, 0.29) is 18.4 Å². The predicted octanol–water partition coefficient (Wildman–Crippen LogP) is 2.83. The predicted molar refractivity (Wildman–Crippen MR) is 108 cm³/mol. The number of pyridine rings is 1. The molecule has 2 N–H and O–H groups in total. The Morgan fingerprint density at radius 1 is 1.04 bits per heavy atom. The summed E-state index contributed by atoms with van der Waals surface area (Å²) < 4.78 is 3.75. The molecule has 0 saturated heterocycles. The van der Waals surface area contributed by atoms with Gasteiger partial charge in [0.2, 0.25) is 5.91 Å². The summed E-state index contributed by atoms with van der Waals surface area (Å²) in [5.41, 5.74) is 2.70. The average molecular weight is 373 g/mol. The summed E-state index contributed by atoms with van der Waals surface area (Å²) in [6.45, 7) is 0.220. The summed E-state index contributed by atoms with van der Waals surface area (Å²) in [7, 11) is 1.61. The summed E-state index contributed by atoms with van der Waals surface area (Å²) in [6, 6.07) is 15.0. The SMILES string of the molecule is CNC(=O)Cn1ccc2ccc(NC(=O)c3cc(-n4cccc4)ccn3)cc21. The van der Waals surface area contributed by atoms with Crippen molar-refractivity contribution in [3.63, 3.8) is 0 Å². The van der Waals surface area contributed by atoms with Crippen molar-refractivity contribution >= 4 is 28.4 Å². The fraction of sp³-hybridized carbons (Fsp3) is 0.0952. The van der Waals surface area contributed by atoms with E-state index in [0.717, 1.165) is 16.6 Å². The van der Waals surface area contributed by atoms with Crippen molar-refractivity contribution in [1.29, 1.82) is 0 Å². The molecule has 4 rings (SSSR count). The van der Waals surface area contributed by atoms with Gasteiger partial charge in [0.15, 0.2) is 0 Å². The zero-order valence-electron chi connectivity index (χ0n) is 15.3. The molecule has 4 aromatic rings. The maximum atomic E-state index is 12.7. The molecule has 0 fully saturated rings. The van der Waals surface area contributed by atoms with Gasteiger partial charge in [-0.25, -0.2) is 0 Å². The minimum Gasteiger partial charge on any atom is -0.358 e. The van der Waals surface area contributed by atoms with Crippen molar-refractivity contribution in [2.45, 2.75) is 6.54 Å². The maximum absolute atomic E-state index is 12.7. The molecule has 140 valence electrons.